The number of nitrogens with one attached hydrogen (secondary N) is 1. The van der Waals surface area contributed by atoms with Gasteiger partial charge < -0.3 is 5.32 Å². The van der Waals surface area contributed by atoms with Crippen LogP contribution in [0.4, 0.5) is 0 Å². The summed E-state index contributed by atoms with van der Waals surface area (Å²) in [5, 5.41) is 2.96. The minimum Gasteiger partial charge on any atom is -0.351 e. The van der Waals surface area contributed by atoms with E-state index in [0.29, 0.717) is 18.0 Å². The molecule has 0 unspecified atom stereocenters. The molecule has 18 heavy (non-hydrogen) atoms. The van der Waals surface area contributed by atoms with Gasteiger partial charge in [-0.3, -0.25) is 4.79 Å². The minimum absolute atomic E-state index is 0.0215. The van der Waals surface area contributed by atoms with Gasteiger partial charge in [-0.25, -0.2) is 0 Å². The smallest absolute Gasteiger partial charge is 0.252 e. The lowest BCUT2D eigenvalue weighted by atomic mass is 9.90. The first-order valence-corrected chi connectivity index (χ1v) is 7.29. The van der Waals surface area contributed by atoms with Crippen molar-refractivity contribution in [2.45, 2.75) is 27.2 Å². The number of hydrogen-bond donors (Lipinski definition) is 1. The number of aryl methyl sites for hydroxylation is 1. The van der Waals surface area contributed by atoms with Crippen LogP contribution in [0.3, 0.4) is 0 Å². The third-order valence-electron chi connectivity index (χ3n) is 2.87. The Morgan fingerprint density at radius 3 is 2.72 bits per heavy atom. The quantitative estimate of drug-likeness (QED) is 0.807. The maximum atomic E-state index is 12.1. The Bertz CT molecular complexity index is 432. The SMILES string of the molecule is Cc1ccc(Br)c(C(=O)NCC(C)(C)CCCl)c1. The number of rotatable bonds is 5. The molecule has 0 atom stereocenters. The van der Waals surface area contributed by atoms with Crippen LogP contribution in [0.25, 0.3) is 0 Å². The second-order valence-corrected chi connectivity index (χ2v) is 6.50. The molecule has 0 aromatic heterocycles. The zero-order valence-electron chi connectivity index (χ0n) is 11.0. The maximum absolute atomic E-state index is 12.1. The van der Waals surface area contributed by atoms with Crippen LogP contribution in [-0.4, -0.2) is 18.3 Å². The van der Waals surface area contributed by atoms with E-state index in [0.717, 1.165) is 16.5 Å². The van der Waals surface area contributed by atoms with Crippen LogP contribution in [0, 0.1) is 12.3 Å². The predicted molar refractivity (Wildman–Crippen MR) is 80.3 cm³/mol. The Morgan fingerprint density at radius 2 is 2.11 bits per heavy atom. The first-order chi connectivity index (χ1) is 8.35. The highest BCUT2D eigenvalue weighted by Gasteiger charge is 2.19. The van der Waals surface area contributed by atoms with E-state index in [1.54, 1.807) is 0 Å². The van der Waals surface area contributed by atoms with Crippen LogP contribution in [-0.2, 0) is 0 Å². The van der Waals surface area contributed by atoms with Crippen molar-refractivity contribution in [1.82, 2.24) is 5.32 Å². The van der Waals surface area contributed by atoms with Gasteiger partial charge in [0.15, 0.2) is 0 Å². The molecule has 1 N–H and O–H groups in total. The van der Waals surface area contributed by atoms with E-state index in [-0.39, 0.29) is 11.3 Å². The molecule has 0 aliphatic heterocycles. The number of amides is 1. The number of carbonyl (C=O) groups is 1. The monoisotopic (exact) mass is 331 g/mol. The minimum atomic E-state index is -0.0479. The Kier molecular flexibility index (Phi) is 5.67. The third-order valence-corrected chi connectivity index (χ3v) is 3.75. The average molecular weight is 333 g/mol. The molecule has 0 spiro atoms. The normalized spacial score (nSPS) is 11.4. The largest absolute Gasteiger partial charge is 0.351 e. The van der Waals surface area contributed by atoms with Crippen LogP contribution in [0.15, 0.2) is 22.7 Å². The fraction of sp³-hybridized carbons (Fsp3) is 0.500. The van der Waals surface area contributed by atoms with Gasteiger partial charge in [-0.15, -0.1) is 11.6 Å². The Morgan fingerprint density at radius 1 is 1.44 bits per heavy atom. The molecule has 1 rings (SSSR count). The van der Waals surface area contributed by atoms with Crippen LogP contribution >= 0.6 is 27.5 Å². The van der Waals surface area contributed by atoms with Gasteiger partial charge in [-0.1, -0.05) is 25.5 Å². The van der Waals surface area contributed by atoms with E-state index < -0.39 is 0 Å². The number of carbonyl (C=O) groups excluding carboxylic acids is 1. The van der Waals surface area contributed by atoms with E-state index in [1.807, 2.05) is 25.1 Å². The Labute approximate surface area is 122 Å². The summed E-state index contributed by atoms with van der Waals surface area (Å²) in [6.07, 6.45) is 0.879. The van der Waals surface area contributed by atoms with Gasteiger partial charge in [-0.2, -0.15) is 0 Å². The van der Waals surface area contributed by atoms with Crippen molar-refractivity contribution >= 4 is 33.4 Å². The first-order valence-electron chi connectivity index (χ1n) is 5.96. The third kappa shape index (κ3) is 4.62. The zero-order valence-corrected chi connectivity index (χ0v) is 13.4. The highest BCUT2D eigenvalue weighted by atomic mass is 79.9. The molecule has 1 aromatic rings. The van der Waals surface area contributed by atoms with Gasteiger partial charge in [0.2, 0.25) is 0 Å². The van der Waals surface area contributed by atoms with E-state index in [1.165, 1.54) is 0 Å². The summed E-state index contributed by atoms with van der Waals surface area (Å²) in [4.78, 5) is 12.1. The highest BCUT2D eigenvalue weighted by Crippen LogP contribution is 2.21. The van der Waals surface area contributed by atoms with Crippen molar-refractivity contribution in [1.29, 1.82) is 0 Å². The molecule has 0 aliphatic rings. The summed E-state index contributed by atoms with van der Waals surface area (Å²) in [5.41, 5.74) is 1.77. The molecule has 0 bridgehead atoms. The van der Waals surface area contributed by atoms with Crippen molar-refractivity contribution in [3.05, 3.63) is 33.8 Å². The number of halogens is 2. The molecule has 0 saturated heterocycles. The second kappa shape index (κ2) is 6.58. The van der Waals surface area contributed by atoms with Gasteiger partial charge in [-0.05, 0) is 46.8 Å². The molecular weight excluding hydrogens is 314 g/mol. The lowest BCUT2D eigenvalue weighted by Gasteiger charge is -2.24. The van der Waals surface area contributed by atoms with Gasteiger partial charge in [0.05, 0.1) is 5.56 Å². The molecule has 100 valence electrons. The van der Waals surface area contributed by atoms with E-state index in [9.17, 15) is 4.79 Å². The van der Waals surface area contributed by atoms with Crippen molar-refractivity contribution in [2.75, 3.05) is 12.4 Å². The summed E-state index contributed by atoms with van der Waals surface area (Å²) < 4.78 is 0.820. The van der Waals surface area contributed by atoms with E-state index >= 15 is 0 Å². The molecule has 4 heteroatoms. The number of hydrogen-bond acceptors (Lipinski definition) is 1. The summed E-state index contributed by atoms with van der Waals surface area (Å²) in [7, 11) is 0. The van der Waals surface area contributed by atoms with Gasteiger partial charge in [0, 0.05) is 16.9 Å². The lowest BCUT2D eigenvalue weighted by molar-refractivity contribution is 0.0935. The van der Waals surface area contributed by atoms with Crippen LogP contribution in [0.5, 0.6) is 0 Å². The van der Waals surface area contributed by atoms with Crippen molar-refractivity contribution in [3.8, 4) is 0 Å². The number of alkyl halides is 1. The molecule has 1 amide bonds. The van der Waals surface area contributed by atoms with Crippen molar-refractivity contribution in [2.24, 2.45) is 5.41 Å². The second-order valence-electron chi connectivity index (χ2n) is 5.27. The summed E-state index contributed by atoms with van der Waals surface area (Å²) in [5.74, 6) is 0.560. The van der Waals surface area contributed by atoms with E-state index in [4.69, 9.17) is 11.6 Å². The van der Waals surface area contributed by atoms with Crippen LogP contribution < -0.4 is 5.32 Å². The maximum Gasteiger partial charge on any atom is 0.252 e. The van der Waals surface area contributed by atoms with Gasteiger partial charge in [0.25, 0.3) is 5.91 Å². The first kappa shape index (κ1) is 15.5. The topological polar surface area (TPSA) is 29.1 Å². The Hall–Kier alpha value is -0.540. The van der Waals surface area contributed by atoms with Crippen molar-refractivity contribution < 1.29 is 4.79 Å². The highest BCUT2D eigenvalue weighted by molar-refractivity contribution is 9.10. The lowest BCUT2D eigenvalue weighted by Crippen LogP contribution is -2.34. The zero-order chi connectivity index (χ0) is 13.8. The van der Waals surface area contributed by atoms with E-state index in [2.05, 4.69) is 35.1 Å². The van der Waals surface area contributed by atoms with Crippen LogP contribution in [0.2, 0.25) is 0 Å². The fourth-order valence-electron chi connectivity index (χ4n) is 1.57. The van der Waals surface area contributed by atoms with Crippen molar-refractivity contribution in [3.63, 3.8) is 0 Å². The summed E-state index contributed by atoms with van der Waals surface area (Å²) in [6, 6.07) is 5.75. The van der Waals surface area contributed by atoms with Gasteiger partial charge in [0.1, 0.15) is 0 Å². The summed E-state index contributed by atoms with van der Waals surface area (Å²) >= 11 is 9.14. The molecule has 0 fully saturated rings. The van der Waals surface area contributed by atoms with Crippen LogP contribution in [0.1, 0.15) is 36.2 Å². The number of benzene rings is 1. The Balaban J connectivity index is 2.69. The fourth-order valence-corrected chi connectivity index (χ4v) is 2.51. The molecule has 0 radical (unpaired) electrons. The standard InChI is InChI=1S/C14H19BrClNO/c1-10-4-5-12(15)11(8-10)13(18)17-9-14(2,3)6-7-16/h4-5,8H,6-7,9H2,1-3H3,(H,17,18). The molecule has 0 heterocycles. The molecular formula is C14H19BrClNO. The average Bonchev–Trinajstić information content (AvgIpc) is 2.29. The molecule has 0 aliphatic carbocycles. The molecule has 1 aromatic carbocycles. The predicted octanol–water partition coefficient (Wildman–Crippen LogP) is 4.14. The summed E-state index contributed by atoms with van der Waals surface area (Å²) in [6.45, 7) is 6.79. The molecule has 0 saturated carbocycles. The molecule has 2 nitrogen and oxygen atoms in total. The van der Waals surface area contributed by atoms with Gasteiger partial charge >= 0.3 is 0 Å².